The van der Waals surface area contributed by atoms with E-state index >= 15 is 0 Å². The van der Waals surface area contributed by atoms with Gasteiger partial charge in [-0.15, -0.1) is 0 Å². The van der Waals surface area contributed by atoms with E-state index in [1.807, 2.05) is 52.2 Å². The topological polar surface area (TPSA) is 177 Å². The van der Waals surface area contributed by atoms with Gasteiger partial charge in [0, 0.05) is 85.7 Å². The highest BCUT2D eigenvalue weighted by atomic mass is 32.2. The molecule has 3 aliphatic rings. The van der Waals surface area contributed by atoms with E-state index < -0.39 is 41.9 Å². The Morgan fingerprint density at radius 2 is 1.64 bits per heavy atom. The number of aliphatic carboxylic acids is 1. The number of unbranched alkanes of at least 4 members (excludes halogenated alkanes) is 2. The maximum absolute atomic E-state index is 14.5. The number of anilines is 1. The third-order valence-electron chi connectivity index (χ3n) is 11.5. The zero-order chi connectivity index (χ0) is 42.7. The number of carboxylic acid groups (broad SMARTS) is 1. The first-order valence-corrected chi connectivity index (χ1v) is 22.4. The predicted molar refractivity (Wildman–Crippen MR) is 224 cm³/mol. The van der Waals surface area contributed by atoms with Crippen molar-refractivity contribution in [2.75, 3.05) is 44.9 Å². The molecule has 0 bridgehead atoms. The summed E-state index contributed by atoms with van der Waals surface area (Å²) in [4.78, 5) is 39.9. The lowest BCUT2D eigenvalue weighted by Gasteiger charge is -2.41. The molecule has 0 aliphatic carbocycles. The third kappa shape index (κ3) is 8.44. The molecule has 1 atom stereocenters. The molecule has 3 aromatic rings. The third-order valence-corrected chi connectivity index (χ3v) is 13.7. The van der Waals surface area contributed by atoms with Crippen LogP contribution >= 0.6 is 7.60 Å². The normalized spacial score (nSPS) is 17.5. The number of rotatable bonds is 13. The minimum Gasteiger partial charge on any atom is -0.748 e. The van der Waals surface area contributed by atoms with Crippen molar-refractivity contribution in [3.05, 3.63) is 93.0 Å². The van der Waals surface area contributed by atoms with Gasteiger partial charge in [-0.2, -0.15) is 0 Å². The Morgan fingerprint density at radius 1 is 0.948 bits per heavy atom. The first kappa shape index (κ1) is 43.0. The molecule has 1 amide bonds. The highest BCUT2D eigenvalue weighted by Gasteiger charge is 2.36. The van der Waals surface area contributed by atoms with Gasteiger partial charge in [-0.05, 0) is 87.6 Å². The van der Waals surface area contributed by atoms with Crippen molar-refractivity contribution in [2.45, 2.75) is 78.3 Å². The Labute approximate surface area is 339 Å². The number of hydrogen-bond donors (Lipinski definition) is 2. The van der Waals surface area contributed by atoms with Crippen molar-refractivity contribution in [3.8, 4) is 11.5 Å². The number of likely N-dealkylation sites (N-methyl/N-ethyl adjacent to an activating group) is 2. The minimum atomic E-state index is -4.67. The van der Waals surface area contributed by atoms with Gasteiger partial charge in [-0.25, -0.2) is 13.0 Å². The Kier molecular flexibility index (Phi) is 11.5. The first-order chi connectivity index (χ1) is 26.9. The van der Waals surface area contributed by atoms with Gasteiger partial charge in [-0.3, -0.25) is 14.2 Å². The fourth-order valence-electron chi connectivity index (χ4n) is 7.94. The number of fused-ring (bicyclic) bond motifs is 4. The second kappa shape index (κ2) is 15.5. The Bertz CT molecular complexity index is 2590. The summed E-state index contributed by atoms with van der Waals surface area (Å²) in [7, 11) is -3.78. The molecule has 0 radical (unpaired) electrons. The molecule has 0 fully saturated rings. The fraction of sp³-hybridized carbons (Fsp3) is 0.419. The summed E-state index contributed by atoms with van der Waals surface area (Å²) in [6, 6.07) is 12.4. The van der Waals surface area contributed by atoms with Gasteiger partial charge in [0.1, 0.15) is 18.5 Å². The second-order valence-corrected chi connectivity index (χ2v) is 19.9. The van der Waals surface area contributed by atoms with Crippen LogP contribution in [0.3, 0.4) is 0 Å². The van der Waals surface area contributed by atoms with Gasteiger partial charge in [-0.1, -0.05) is 18.6 Å². The van der Waals surface area contributed by atoms with Crippen molar-refractivity contribution in [1.29, 1.82) is 0 Å². The molecule has 3 aromatic carbocycles. The molecule has 310 valence electrons. The van der Waals surface area contributed by atoms with Crippen molar-refractivity contribution in [3.63, 3.8) is 0 Å². The number of carbonyl (C=O) groups is 2. The van der Waals surface area contributed by atoms with Crippen molar-refractivity contribution in [2.24, 2.45) is 0 Å². The van der Waals surface area contributed by atoms with E-state index in [0.717, 1.165) is 38.2 Å². The molecular weight excluding hydrogens is 782 g/mol. The number of hydrogen-bond acceptors (Lipinski definition) is 9. The van der Waals surface area contributed by atoms with Crippen LogP contribution in [0.15, 0.2) is 54.6 Å². The van der Waals surface area contributed by atoms with Gasteiger partial charge >= 0.3 is 13.6 Å². The first-order valence-electron chi connectivity index (χ1n) is 19.2. The molecule has 0 aromatic heterocycles. The highest BCUT2D eigenvalue weighted by molar-refractivity contribution is 7.85. The maximum atomic E-state index is 14.5. The van der Waals surface area contributed by atoms with Crippen LogP contribution in [0.4, 0.5) is 5.69 Å². The van der Waals surface area contributed by atoms with E-state index in [2.05, 4.69) is 49.3 Å². The van der Waals surface area contributed by atoms with Crippen LogP contribution in [0.25, 0.3) is 16.7 Å². The number of nitrogens with zero attached hydrogens (tertiary/aromatic N) is 3. The van der Waals surface area contributed by atoms with E-state index in [0.29, 0.717) is 52.7 Å². The molecule has 15 heteroatoms. The molecule has 58 heavy (non-hydrogen) atoms. The van der Waals surface area contributed by atoms with E-state index in [1.165, 1.54) is 19.2 Å². The van der Waals surface area contributed by atoms with Crippen LogP contribution in [0, 0.1) is 0 Å². The number of benzene rings is 3. The summed E-state index contributed by atoms with van der Waals surface area (Å²) in [6.45, 7) is 12.1. The maximum Gasteiger partial charge on any atom is 0.358 e. The zero-order valence-electron chi connectivity index (χ0n) is 34.5. The summed E-state index contributed by atoms with van der Waals surface area (Å²) < 4.78 is 63.1. The number of carbonyl (C=O) groups excluding carboxylic acids is 1. The average molecular weight is 834 g/mol. The molecule has 3 aliphatic heterocycles. The van der Waals surface area contributed by atoms with Crippen molar-refractivity contribution >= 4 is 57.3 Å². The molecule has 1 unspecified atom stereocenters. The van der Waals surface area contributed by atoms with Gasteiger partial charge in [0.25, 0.3) is 5.91 Å². The Morgan fingerprint density at radius 3 is 2.31 bits per heavy atom. The van der Waals surface area contributed by atoms with Crippen molar-refractivity contribution in [1.82, 2.24) is 9.48 Å². The summed E-state index contributed by atoms with van der Waals surface area (Å²) in [5.41, 5.74) is 6.05. The second-order valence-electron chi connectivity index (χ2n) is 16.6. The smallest absolute Gasteiger partial charge is 0.358 e. The number of allylic oxidation sites excluding steroid dienone is 2. The molecule has 3 heterocycles. The quantitative estimate of drug-likeness (QED) is 0.0796. The van der Waals surface area contributed by atoms with Crippen LogP contribution in [0.2, 0.25) is 0 Å². The van der Waals surface area contributed by atoms with Crippen LogP contribution < -0.4 is 30.1 Å². The number of amides is 1. The van der Waals surface area contributed by atoms with Crippen molar-refractivity contribution < 1.29 is 46.4 Å². The van der Waals surface area contributed by atoms with Gasteiger partial charge in [0.05, 0.1) is 39.4 Å². The monoisotopic (exact) mass is 833 g/mol. The van der Waals surface area contributed by atoms with E-state index in [4.69, 9.17) is 14.4 Å². The van der Waals surface area contributed by atoms with Gasteiger partial charge < -0.3 is 33.6 Å². The lowest BCUT2D eigenvalue weighted by atomic mass is 9.83. The largest absolute Gasteiger partial charge is 0.748 e. The number of carboxylic acids is 1. The summed E-state index contributed by atoms with van der Waals surface area (Å²) >= 11 is 0. The molecule has 13 nitrogen and oxygen atoms in total. The molecular formula is C43H52N3O10PS. The van der Waals surface area contributed by atoms with E-state index in [1.54, 1.807) is 6.07 Å². The van der Waals surface area contributed by atoms with Gasteiger partial charge in [0.15, 0.2) is 5.54 Å². The lowest BCUT2D eigenvalue weighted by molar-refractivity contribution is -0.137. The number of ether oxygens (including phenoxy) is 1. The van der Waals surface area contributed by atoms with E-state index in [9.17, 15) is 32.0 Å². The van der Waals surface area contributed by atoms with Crippen LogP contribution in [-0.4, -0.2) is 90.9 Å². The molecule has 0 spiro atoms. The highest BCUT2D eigenvalue weighted by Crippen LogP contribution is 2.47. The lowest BCUT2D eigenvalue weighted by Crippen LogP contribution is -2.47. The zero-order valence-corrected chi connectivity index (χ0v) is 36.2. The average Bonchev–Trinajstić information content (AvgIpc) is 3.13. The standard InChI is InChI=1S/C43H52N3O10PS/c1-26-24-42(3,4)45(8)35-22-37-33(20-30(26)35)40(34-21-31-27(2)25-43(5,6)46(9)36(31)23-38(34)56-37)29-15-14-28(57(50,51)55-17-12-10-11-13-39(47)48)19-32(29)41(49)44(7)16-18-58(52,53)54/h14-15,19-25H,10-13,16-18H2,1-9H3,(H2-,47,48,50,51,52,53,54). The Balaban J connectivity index is 1.61. The molecule has 0 saturated carbocycles. The van der Waals surface area contributed by atoms with Crippen LogP contribution in [-0.2, 0) is 24.0 Å². The minimum absolute atomic E-state index is 0.0112. The molecule has 6 rings (SSSR count). The Hall–Kier alpha value is -4.59. The fourth-order valence-corrected chi connectivity index (χ4v) is 9.52. The summed E-state index contributed by atoms with van der Waals surface area (Å²) in [5.74, 6) is -1.36. The predicted octanol–water partition coefficient (Wildman–Crippen LogP) is 5.08. The van der Waals surface area contributed by atoms with Crippen LogP contribution in [0.5, 0.6) is 11.5 Å². The molecule has 0 saturated heterocycles. The van der Waals surface area contributed by atoms with Gasteiger partial charge in [0.2, 0.25) is 5.36 Å². The summed E-state index contributed by atoms with van der Waals surface area (Å²) in [6.07, 6.45) is 5.55. The van der Waals surface area contributed by atoms with Crippen LogP contribution in [0.1, 0.15) is 99.8 Å². The SMILES string of the molecule is CC1=CC(C)(C)N(C)c2cc3c(cc21)C(c1ccc(P(=O)(O)OCCCCCC(=O)O)cc1C(=O)N(C)CCS(=O)(=O)[O-])=c1cc2c(cc1O3)=[N+](C)C(C)(C)C=C2C. The molecule has 2 N–H and O–H groups in total. The summed E-state index contributed by atoms with van der Waals surface area (Å²) in [5, 5.41) is 10.4. The van der Waals surface area contributed by atoms with E-state index in [-0.39, 0.29) is 35.0 Å².